The Morgan fingerprint density at radius 3 is 2.81 bits per heavy atom. The van der Waals surface area contributed by atoms with Crippen LogP contribution in [0.1, 0.15) is 5.56 Å². The number of benzene rings is 2. The molecule has 0 amide bonds. The Labute approximate surface area is 155 Å². The number of rotatable bonds is 5. The molecule has 1 atom stereocenters. The fourth-order valence-electron chi connectivity index (χ4n) is 2.84. The third kappa shape index (κ3) is 3.34. The van der Waals surface area contributed by atoms with Crippen LogP contribution in [0.4, 0.5) is 5.69 Å². The van der Waals surface area contributed by atoms with Crippen molar-refractivity contribution in [2.24, 2.45) is 5.73 Å². The van der Waals surface area contributed by atoms with Crippen molar-refractivity contribution in [3.8, 4) is 23.1 Å². The number of hydrogen-bond donors (Lipinski definition) is 1. The Morgan fingerprint density at radius 1 is 1.22 bits per heavy atom. The first-order valence-corrected chi connectivity index (χ1v) is 8.27. The van der Waals surface area contributed by atoms with Crippen molar-refractivity contribution in [3.63, 3.8) is 0 Å². The van der Waals surface area contributed by atoms with Gasteiger partial charge in [0.1, 0.15) is 17.6 Å². The lowest BCUT2D eigenvalue weighted by Gasteiger charge is -2.21. The van der Waals surface area contributed by atoms with Crippen molar-refractivity contribution in [2.75, 3.05) is 11.5 Å². The van der Waals surface area contributed by atoms with Crippen LogP contribution >= 0.6 is 0 Å². The van der Waals surface area contributed by atoms with Crippen molar-refractivity contribution in [2.45, 2.75) is 6.35 Å². The van der Waals surface area contributed by atoms with E-state index in [1.807, 2.05) is 54.7 Å². The summed E-state index contributed by atoms with van der Waals surface area (Å²) in [5.74, 6) is 1.73. The van der Waals surface area contributed by atoms with Crippen LogP contribution in [0, 0.1) is 11.3 Å². The third-order valence-electron chi connectivity index (χ3n) is 4.09. The van der Waals surface area contributed by atoms with E-state index in [9.17, 15) is 0 Å². The average Bonchev–Trinajstić information content (AvgIpc) is 3.37. The highest BCUT2D eigenvalue weighted by Crippen LogP contribution is 2.36. The zero-order valence-corrected chi connectivity index (χ0v) is 14.3. The van der Waals surface area contributed by atoms with Gasteiger partial charge in [0.25, 0.3) is 0 Å². The molecule has 2 aromatic carbocycles. The third-order valence-corrected chi connectivity index (χ3v) is 4.09. The van der Waals surface area contributed by atoms with Crippen LogP contribution in [0.2, 0.25) is 0 Å². The first kappa shape index (κ1) is 16.7. The van der Waals surface area contributed by atoms with Crippen molar-refractivity contribution < 1.29 is 13.9 Å². The molecule has 0 saturated carbocycles. The SMILES string of the molecule is N#CCOc1cc(N2C=C(c3ccccc3)OC2N)ccc1-c1cnco1. The number of hydrogen-bond acceptors (Lipinski definition) is 7. The molecule has 1 aliphatic rings. The first-order chi connectivity index (χ1) is 13.3. The highest BCUT2D eigenvalue weighted by molar-refractivity contribution is 5.73. The smallest absolute Gasteiger partial charge is 0.231 e. The summed E-state index contributed by atoms with van der Waals surface area (Å²) in [6.07, 6.45) is 4.11. The van der Waals surface area contributed by atoms with E-state index >= 15 is 0 Å². The number of ether oxygens (including phenoxy) is 2. The molecule has 134 valence electrons. The monoisotopic (exact) mass is 360 g/mol. The second kappa shape index (κ2) is 7.23. The van der Waals surface area contributed by atoms with Crippen LogP contribution in [-0.2, 0) is 4.74 Å². The van der Waals surface area contributed by atoms with E-state index in [0.717, 1.165) is 11.3 Å². The standard InChI is InChI=1S/C20H16N4O3/c21-8-9-25-17-10-15(6-7-16(17)18-11-23-13-26-18)24-12-19(27-20(24)22)14-4-2-1-3-5-14/h1-7,10-13,20H,9,22H2. The minimum atomic E-state index is -0.667. The van der Waals surface area contributed by atoms with Gasteiger partial charge < -0.3 is 13.9 Å². The maximum Gasteiger partial charge on any atom is 0.231 e. The highest BCUT2D eigenvalue weighted by Gasteiger charge is 2.25. The summed E-state index contributed by atoms with van der Waals surface area (Å²) in [4.78, 5) is 5.73. The van der Waals surface area contributed by atoms with Crippen LogP contribution in [0.5, 0.6) is 5.75 Å². The van der Waals surface area contributed by atoms with Crippen LogP contribution in [0.25, 0.3) is 17.1 Å². The summed E-state index contributed by atoms with van der Waals surface area (Å²) in [6.45, 7) is -0.0851. The molecule has 0 fully saturated rings. The van der Waals surface area contributed by atoms with E-state index in [1.165, 1.54) is 6.39 Å². The van der Waals surface area contributed by atoms with Crippen molar-refractivity contribution in [3.05, 3.63) is 72.9 Å². The summed E-state index contributed by atoms with van der Waals surface area (Å²) in [5, 5.41) is 8.86. The number of anilines is 1. The van der Waals surface area contributed by atoms with Crippen molar-refractivity contribution >= 4 is 11.4 Å². The number of nitriles is 1. The molecule has 2 N–H and O–H groups in total. The summed E-state index contributed by atoms with van der Waals surface area (Å²) < 4.78 is 16.7. The van der Waals surface area contributed by atoms with Crippen LogP contribution in [0.15, 0.2) is 71.7 Å². The van der Waals surface area contributed by atoms with E-state index in [0.29, 0.717) is 22.8 Å². The molecule has 0 aliphatic carbocycles. The number of oxazole rings is 1. The minimum absolute atomic E-state index is 0.0851. The lowest BCUT2D eigenvalue weighted by molar-refractivity contribution is 0.199. The van der Waals surface area contributed by atoms with Gasteiger partial charge in [0.15, 0.2) is 18.8 Å². The maximum atomic E-state index is 8.86. The fourth-order valence-corrected chi connectivity index (χ4v) is 2.84. The molecule has 3 aromatic rings. The Balaban J connectivity index is 1.69. The Hall–Kier alpha value is -3.76. The lowest BCUT2D eigenvalue weighted by Crippen LogP contribution is -2.36. The van der Waals surface area contributed by atoms with E-state index in [2.05, 4.69) is 4.98 Å². The average molecular weight is 360 g/mol. The van der Waals surface area contributed by atoms with Gasteiger partial charge in [-0.1, -0.05) is 30.3 Å². The van der Waals surface area contributed by atoms with Gasteiger partial charge in [-0.3, -0.25) is 10.6 Å². The largest absolute Gasteiger partial charge is 0.478 e. The van der Waals surface area contributed by atoms with Gasteiger partial charge in [-0.2, -0.15) is 5.26 Å². The lowest BCUT2D eigenvalue weighted by atomic mass is 10.1. The zero-order valence-electron chi connectivity index (χ0n) is 14.3. The van der Waals surface area contributed by atoms with Crippen LogP contribution in [0.3, 0.4) is 0 Å². The molecule has 27 heavy (non-hydrogen) atoms. The van der Waals surface area contributed by atoms with Crippen molar-refractivity contribution in [1.82, 2.24) is 4.98 Å². The number of nitrogens with two attached hydrogens (primary N) is 1. The molecular weight excluding hydrogens is 344 g/mol. The predicted octanol–water partition coefficient (Wildman–Crippen LogP) is 3.32. The van der Waals surface area contributed by atoms with Gasteiger partial charge in [0, 0.05) is 17.3 Å². The highest BCUT2D eigenvalue weighted by atomic mass is 16.5. The van der Waals surface area contributed by atoms with E-state index in [4.69, 9.17) is 24.9 Å². The second-order valence-corrected chi connectivity index (χ2v) is 5.77. The Kier molecular flexibility index (Phi) is 4.47. The van der Waals surface area contributed by atoms with Crippen LogP contribution in [-0.4, -0.2) is 17.9 Å². The number of nitrogens with zero attached hydrogens (tertiary/aromatic N) is 3. The van der Waals surface area contributed by atoms with Gasteiger partial charge in [0.2, 0.25) is 6.35 Å². The summed E-state index contributed by atoms with van der Waals surface area (Å²) in [5.41, 5.74) is 8.56. The quantitative estimate of drug-likeness (QED) is 0.745. The zero-order chi connectivity index (χ0) is 18.6. The fraction of sp³-hybridized carbons (Fsp3) is 0.100. The minimum Gasteiger partial charge on any atom is -0.478 e. The summed E-state index contributed by atoms with van der Waals surface area (Å²) >= 11 is 0. The summed E-state index contributed by atoms with van der Waals surface area (Å²) in [6, 6.07) is 17.2. The van der Waals surface area contributed by atoms with Gasteiger partial charge in [0.05, 0.1) is 18.0 Å². The van der Waals surface area contributed by atoms with Gasteiger partial charge in [-0.05, 0) is 12.1 Å². The molecule has 1 aliphatic heterocycles. The molecule has 1 unspecified atom stereocenters. The summed E-state index contributed by atoms with van der Waals surface area (Å²) in [7, 11) is 0. The predicted molar refractivity (Wildman–Crippen MR) is 99.0 cm³/mol. The molecule has 4 rings (SSSR count). The van der Waals surface area contributed by atoms with E-state index in [1.54, 1.807) is 17.2 Å². The molecule has 7 nitrogen and oxygen atoms in total. The van der Waals surface area contributed by atoms with Gasteiger partial charge in [-0.25, -0.2) is 4.98 Å². The molecule has 7 heteroatoms. The topological polar surface area (TPSA) is 97.5 Å². The van der Waals surface area contributed by atoms with Gasteiger partial charge >= 0.3 is 0 Å². The van der Waals surface area contributed by atoms with E-state index in [-0.39, 0.29) is 6.61 Å². The molecular formula is C20H16N4O3. The normalized spacial score (nSPS) is 15.8. The first-order valence-electron chi connectivity index (χ1n) is 8.27. The molecule has 0 saturated heterocycles. The Morgan fingerprint density at radius 2 is 2.07 bits per heavy atom. The number of aromatic nitrogens is 1. The van der Waals surface area contributed by atoms with E-state index < -0.39 is 6.35 Å². The molecule has 0 spiro atoms. The molecule has 0 bridgehead atoms. The molecule has 1 aromatic heterocycles. The Bertz CT molecular complexity index is 994. The maximum absolute atomic E-state index is 8.86. The van der Waals surface area contributed by atoms with Gasteiger partial charge in [-0.15, -0.1) is 0 Å². The van der Waals surface area contributed by atoms with Crippen molar-refractivity contribution in [1.29, 1.82) is 5.26 Å². The molecule has 0 radical (unpaired) electrons. The molecule has 2 heterocycles. The van der Waals surface area contributed by atoms with Crippen LogP contribution < -0.4 is 15.4 Å². The second-order valence-electron chi connectivity index (χ2n) is 5.77.